The van der Waals surface area contributed by atoms with Gasteiger partial charge in [0, 0.05) is 18.9 Å². The molecule has 1 N–H and O–H groups in total. The van der Waals surface area contributed by atoms with Crippen molar-refractivity contribution in [1.29, 1.82) is 0 Å². The molecule has 0 aromatic rings. The van der Waals surface area contributed by atoms with Crippen molar-refractivity contribution in [1.82, 2.24) is 5.32 Å². The number of alkyl halides is 2. The average Bonchev–Trinajstić information content (AvgIpc) is 2.77. The molecule has 82 valence electrons. The predicted octanol–water partition coefficient (Wildman–Crippen LogP) is 2.81. The van der Waals surface area contributed by atoms with Crippen molar-refractivity contribution in [2.75, 3.05) is 6.54 Å². The summed E-state index contributed by atoms with van der Waals surface area (Å²) in [5.41, 5.74) is 0. The molecule has 0 bridgehead atoms. The summed E-state index contributed by atoms with van der Waals surface area (Å²) in [4.78, 5) is 0. The quantitative estimate of drug-likeness (QED) is 0.743. The molecule has 3 unspecified atom stereocenters. The van der Waals surface area contributed by atoms with E-state index in [0.717, 1.165) is 18.9 Å². The van der Waals surface area contributed by atoms with Gasteiger partial charge < -0.3 is 5.32 Å². The van der Waals surface area contributed by atoms with Crippen LogP contribution in [0.15, 0.2) is 0 Å². The number of hydrogen-bond acceptors (Lipinski definition) is 1. The van der Waals surface area contributed by atoms with E-state index >= 15 is 0 Å². The molecule has 0 saturated heterocycles. The highest BCUT2D eigenvalue weighted by Crippen LogP contribution is 2.37. The van der Waals surface area contributed by atoms with Crippen molar-refractivity contribution >= 4 is 0 Å². The van der Waals surface area contributed by atoms with Crippen LogP contribution in [0.2, 0.25) is 0 Å². The Hall–Kier alpha value is -0.180. The largest absolute Gasteiger partial charge is 0.313 e. The minimum atomic E-state index is -2.39. The molecule has 0 radical (unpaired) electrons. The van der Waals surface area contributed by atoms with Gasteiger partial charge in [-0.2, -0.15) is 0 Å². The first-order valence-electron chi connectivity index (χ1n) is 5.68. The van der Waals surface area contributed by atoms with Crippen LogP contribution in [0.5, 0.6) is 0 Å². The van der Waals surface area contributed by atoms with E-state index in [9.17, 15) is 8.78 Å². The fraction of sp³-hybridized carbons (Fsp3) is 1.00. The molecule has 0 amide bonds. The van der Waals surface area contributed by atoms with Gasteiger partial charge in [-0.05, 0) is 37.6 Å². The Bertz CT molecular complexity index is 205. The van der Waals surface area contributed by atoms with Gasteiger partial charge in [-0.25, -0.2) is 8.78 Å². The first-order chi connectivity index (χ1) is 6.57. The highest BCUT2D eigenvalue weighted by atomic mass is 19.3. The fourth-order valence-corrected chi connectivity index (χ4v) is 2.37. The highest BCUT2D eigenvalue weighted by molar-refractivity contribution is 4.91. The van der Waals surface area contributed by atoms with E-state index in [2.05, 4.69) is 12.2 Å². The molecular formula is C11H19F2N. The van der Waals surface area contributed by atoms with Crippen LogP contribution in [-0.4, -0.2) is 18.5 Å². The first-order valence-corrected chi connectivity index (χ1v) is 5.68. The number of halogens is 2. The normalized spacial score (nSPS) is 40.9. The number of hydrogen-bond donors (Lipinski definition) is 1. The van der Waals surface area contributed by atoms with Crippen LogP contribution in [0.1, 0.15) is 39.0 Å². The van der Waals surface area contributed by atoms with E-state index in [1.807, 2.05) is 0 Å². The van der Waals surface area contributed by atoms with Crippen molar-refractivity contribution in [3.63, 3.8) is 0 Å². The molecule has 0 aromatic heterocycles. The van der Waals surface area contributed by atoms with E-state index in [1.165, 1.54) is 6.42 Å². The van der Waals surface area contributed by atoms with Crippen LogP contribution in [-0.2, 0) is 0 Å². The maximum absolute atomic E-state index is 13.0. The molecule has 1 nitrogen and oxygen atoms in total. The lowest BCUT2D eigenvalue weighted by Crippen LogP contribution is -2.33. The predicted molar refractivity (Wildman–Crippen MR) is 52.5 cm³/mol. The average molecular weight is 203 g/mol. The van der Waals surface area contributed by atoms with Crippen molar-refractivity contribution in [3.05, 3.63) is 0 Å². The Morgan fingerprint density at radius 2 is 2.14 bits per heavy atom. The second-order valence-corrected chi connectivity index (χ2v) is 5.05. The number of rotatable bonds is 3. The van der Waals surface area contributed by atoms with Gasteiger partial charge >= 0.3 is 0 Å². The van der Waals surface area contributed by atoms with Gasteiger partial charge in [0.1, 0.15) is 0 Å². The molecular weight excluding hydrogens is 184 g/mol. The van der Waals surface area contributed by atoms with Gasteiger partial charge in [0.05, 0.1) is 0 Å². The van der Waals surface area contributed by atoms with Gasteiger partial charge in [-0.1, -0.05) is 6.92 Å². The van der Waals surface area contributed by atoms with Crippen LogP contribution in [0.4, 0.5) is 8.78 Å². The van der Waals surface area contributed by atoms with Gasteiger partial charge in [-0.3, -0.25) is 0 Å². The Labute approximate surface area is 84.3 Å². The third-order valence-electron chi connectivity index (χ3n) is 3.52. The van der Waals surface area contributed by atoms with E-state index in [0.29, 0.717) is 12.5 Å². The van der Waals surface area contributed by atoms with E-state index in [4.69, 9.17) is 0 Å². The van der Waals surface area contributed by atoms with Crippen LogP contribution >= 0.6 is 0 Å². The smallest absolute Gasteiger partial charge is 0.248 e. The molecule has 2 aliphatic carbocycles. The fourth-order valence-electron chi connectivity index (χ4n) is 2.37. The maximum atomic E-state index is 13.0. The molecule has 2 fully saturated rings. The second-order valence-electron chi connectivity index (χ2n) is 5.05. The zero-order valence-electron chi connectivity index (χ0n) is 8.73. The molecule has 14 heavy (non-hydrogen) atoms. The standard InChI is InChI=1S/C11H19F2N/c1-8-5-10(8)14-7-9-3-2-4-11(12,13)6-9/h8-10,14H,2-7H2,1H3. The lowest BCUT2D eigenvalue weighted by Gasteiger charge is -2.29. The summed E-state index contributed by atoms with van der Waals surface area (Å²) in [6.45, 7) is 3.00. The van der Waals surface area contributed by atoms with Crippen molar-refractivity contribution in [2.45, 2.75) is 51.0 Å². The minimum Gasteiger partial charge on any atom is -0.313 e. The topological polar surface area (TPSA) is 12.0 Å². The molecule has 0 heterocycles. The second kappa shape index (κ2) is 3.76. The van der Waals surface area contributed by atoms with Gasteiger partial charge in [0.2, 0.25) is 5.92 Å². The first kappa shape index (κ1) is 10.3. The van der Waals surface area contributed by atoms with Crippen LogP contribution in [0.25, 0.3) is 0 Å². The molecule has 2 rings (SSSR count). The molecule has 2 saturated carbocycles. The molecule has 2 aliphatic rings. The molecule has 3 atom stereocenters. The van der Waals surface area contributed by atoms with Crippen LogP contribution in [0.3, 0.4) is 0 Å². The van der Waals surface area contributed by atoms with E-state index in [1.54, 1.807) is 0 Å². The van der Waals surface area contributed by atoms with E-state index in [-0.39, 0.29) is 18.8 Å². The molecule has 3 heteroatoms. The summed E-state index contributed by atoms with van der Waals surface area (Å²) in [5, 5.41) is 3.38. The van der Waals surface area contributed by atoms with Crippen molar-refractivity contribution in [2.24, 2.45) is 11.8 Å². The summed E-state index contributed by atoms with van der Waals surface area (Å²) in [7, 11) is 0. The lowest BCUT2D eigenvalue weighted by atomic mass is 9.86. The van der Waals surface area contributed by atoms with Crippen LogP contribution < -0.4 is 5.32 Å². The minimum absolute atomic E-state index is 0.0983. The summed E-state index contributed by atoms with van der Waals surface area (Å²) in [5.74, 6) is -1.43. The maximum Gasteiger partial charge on any atom is 0.248 e. The SMILES string of the molecule is CC1CC1NCC1CCCC(F)(F)C1. The molecule has 0 spiro atoms. The van der Waals surface area contributed by atoms with Crippen molar-refractivity contribution in [3.8, 4) is 0 Å². The third-order valence-corrected chi connectivity index (χ3v) is 3.52. The zero-order valence-corrected chi connectivity index (χ0v) is 8.73. The third kappa shape index (κ3) is 2.66. The molecule has 0 aliphatic heterocycles. The van der Waals surface area contributed by atoms with Crippen LogP contribution in [0, 0.1) is 11.8 Å². The van der Waals surface area contributed by atoms with Gasteiger partial charge in [0.25, 0.3) is 0 Å². The lowest BCUT2D eigenvalue weighted by molar-refractivity contribution is -0.0520. The summed E-state index contributed by atoms with van der Waals surface area (Å²) >= 11 is 0. The van der Waals surface area contributed by atoms with Crippen molar-refractivity contribution < 1.29 is 8.78 Å². The Balaban J connectivity index is 1.70. The Kier molecular flexibility index (Phi) is 2.78. The van der Waals surface area contributed by atoms with Gasteiger partial charge in [-0.15, -0.1) is 0 Å². The zero-order chi connectivity index (χ0) is 10.2. The monoisotopic (exact) mass is 203 g/mol. The van der Waals surface area contributed by atoms with Gasteiger partial charge in [0.15, 0.2) is 0 Å². The Morgan fingerprint density at radius 1 is 1.43 bits per heavy atom. The summed E-state index contributed by atoms with van der Waals surface area (Å²) in [6, 6.07) is 0.616. The molecule has 0 aromatic carbocycles. The highest BCUT2D eigenvalue weighted by Gasteiger charge is 2.37. The summed E-state index contributed by atoms with van der Waals surface area (Å²) < 4.78 is 26.1. The number of nitrogens with one attached hydrogen (secondary N) is 1. The summed E-state index contributed by atoms with van der Waals surface area (Å²) in [6.07, 6.45) is 3.09. The Morgan fingerprint density at radius 3 is 2.71 bits per heavy atom. The van der Waals surface area contributed by atoms with E-state index < -0.39 is 5.92 Å².